The summed E-state index contributed by atoms with van der Waals surface area (Å²) in [7, 11) is 0. The highest BCUT2D eigenvalue weighted by atomic mass is 16.5. The number of amides is 2. The Morgan fingerprint density at radius 1 is 0.548 bits per heavy atom. The van der Waals surface area contributed by atoms with Gasteiger partial charge in [0.2, 0.25) is 0 Å². The number of carbonyl (C=O) groups is 4. The molecular weight excluding hydrogens is 534 g/mol. The van der Waals surface area contributed by atoms with Crippen LogP contribution in [0, 0.1) is 0 Å². The summed E-state index contributed by atoms with van der Waals surface area (Å²) in [6.07, 6.45) is 23.0. The van der Waals surface area contributed by atoms with Gasteiger partial charge in [-0.15, -0.1) is 5.06 Å². The highest BCUT2D eigenvalue weighted by molar-refractivity contribution is 6.22. The monoisotopic (exact) mass is 587 g/mol. The third-order valence-corrected chi connectivity index (χ3v) is 7.91. The molecule has 2 rings (SSSR count). The molecule has 0 aliphatic carbocycles. The summed E-state index contributed by atoms with van der Waals surface area (Å²) in [5, 5.41) is 9.77. The number of unbranched alkanes of at least 4 members (excludes halogenated alkanes) is 18. The Morgan fingerprint density at radius 3 is 1.14 bits per heavy atom. The number of hydrogen-bond acceptors (Lipinski definition) is 7. The van der Waals surface area contributed by atoms with E-state index in [0.717, 1.165) is 50.7 Å². The first-order chi connectivity index (χ1) is 20.4. The number of nitrogens with zero attached hydrogens (tertiary/aromatic N) is 1. The molecule has 0 saturated carbocycles. The number of imide groups is 1. The Hall–Kier alpha value is -2.74. The van der Waals surface area contributed by atoms with Crippen LogP contribution in [0.1, 0.15) is 184 Å². The molecule has 1 aliphatic heterocycles. The van der Waals surface area contributed by atoms with Crippen LogP contribution >= 0.6 is 0 Å². The zero-order valence-corrected chi connectivity index (χ0v) is 26.1. The van der Waals surface area contributed by atoms with Crippen LogP contribution in [0.2, 0.25) is 0 Å². The highest BCUT2D eigenvalue weighted by Crippen LogP contribution is 2.27. The molecule has 0 radical (unpaired) electrons. The molecule has 0 aromatic heterocycles. The van der Waals surface area contributed by atoms with Crippen LogP contribution in [0.5, 0.6) is 0 Å². The Labute approximate surface area is 252 Å². The summed E-state index contributed by atoms with van der Waals surface area (Å²) >= 11 is 0. The number of benzene rings is 1. The van der Waals surface area contributed by atoms with Gasteiger partial charge in [-0.3, -0.25) is 14.8 Å². The molecule has 0 unspecified atom stereocenters. The van der Waals surface area contributed by atoms with Crippen molar-refractivity contribution in [2.45, 2.75) is 142 Å². The second kappa shape index (κ2) is 21.0. The second-order valence-corrected chi connectivity index (χ2v) is 11.5. The summed E-state index contributed by atoms with van der Waals surface area (Å²) < 4.78 is 10.9. The molecule has 8 heteroatoms. The lowest BCUT2D eigenvalue weighted by Gasteiger charge is -2.11. The van der Waals surface area contributed by atoms with Gasteiger partial charge in [0.15, 0.2) is 0 Å². The molecule has 0 fully saturated rings. The first-order valence-electron chi connectivity index (χ1n) is 16.5. The van der Waals surface area contributed by atoms with Crippen molar-refractivity contribution >= 4 is 23.8 Å². The number of carbonyl (C=O) groups excluding carboxylic acids is 4. The summed E-state index contributed by atoms with van der Waals surface area (Å²) in [6, 6.07) is 2.31. The molecule has 42 heavy (non-hydrogen) atoms. The topological polar surface area (TPSA) is 110 Å². The maximum atomic E-state index is 13.0. The van der Waals surface area contributed by atoms with Gasteiger partial charge in [0, 0.05) is 0 Å². The van der Waals surface area contributed by atoms with Crippen LogP contribution in [0.3, 0.4) is 0 Å². The highest BCUT2D eigenvalue weighted by Gasteiger charge is 2.38. The fraction of sp³-hybridized carbons (Fsp3) is 0.706. The Bertz CT molecular complexity index is 913. The number of hydroxylamine groups is 2. The largest absolute Gasteiger partial charge is 0.462 e. The zero-order chi connectivity index (χ0) is 30.6. The predicted molar refractivity (Wildman–Crippen MR) is 163 cm³/mol. The van der Waals surface area contributed by atoms with E-state index < -0.39 is 23.8 Å². The minimum Gasteiger partial charge on any atom is -0.462 e. The van der Waals surface area contributed by atoms with Crippen molar-refractivity contribution in [1.29, 1.82) is 0 Å². The number of fused-ring (bicyclic) bond motifs is 1. The molecule has 0 saturated heterocycles. The van der Waals surface area contributed by atoms with E-state index in [1.807, 2.05) is 0 Å². The van der Waals surface area contributed by atoms with Crippen LogP contribution in [0.15, 0.2) is 12.1 Å². The molecule has 1 N–H and O–H groups in total. The first-order valence-corrected chi connectivity index (χ1v) is 16.5. The average molecular weight is 588 g/mol. The van der Waals surface area contributed by atoms with Crippen molar-refractivity contribution in [3.8, 4) is 0 Å². The minimum absolute atomic E-state index is 0.0114. The number of ether oxygens (including phenoxy) is 2. The van der Waals surface area contributed by atoms with Crippen LogP contribution in [0.4, 0.5) is 0 Å². The van der Waals surface area contributed by atoms with E-state index in [2.05, 4.69) is 13.8 Å². The summed E-state index contributed by atoms with van der Waals surface area (Å²) in [4.78, 5) is 50.5. The van der Waals surface area contributed by atoms with E-state index in [1.165, 1.54) is 77.0 Å². The van der Waals surface area contributed by atoms with Gasteiger partial charge in [-0.05, 0) is 25.0 Å². The van der Waals surface area contributed by atoms with E-state index in [9.17, 15) is 24.4 Å². The van der Waals surface area contributed by atoms with Gasteiger partial charge in [0.05, 0.1) is 35.5 Å². The molecule has 0 atom stereocenters. The third kappa shape index (κ3) is 12.2. The van der Waals surface area contributed by atoms with Crippen molar-refractivity contribution in [3.05, 3.63) is 34.4 Å². The average Bonchev–Trinajstić information content (AvgIpc) is 3.20. The minimum atomic E-state index is -0.941. The van der Waals surface area contributed by atoms with Gasteiger partial charge in [-0.2, -0.15) is 0 Å². The molecule has 1 heterocycles. The molecule has 8 nitrogen and oxygen atoms in total. The Balaban J connectivity index is 1.82. The van der Waals surface area contributed by atoms with Crippen LogP contribution < -0.4 is 0 Å². The molecule has 236 valence electrons. The fourth-order valence-corrected chi connectivity index (χ4v) is 5.28. The molecule has 0 bridgehead atoms. The Kier molecular flexibility index (Phi) is 17.8. The van der Waals surface area contributed by atoms with Gasteiger partial charge in [0.25, 0.3) is 11.8 Å². The lowest BCUT2D eigenvalue weighted by molar-refractivity contribution is -0.0327. The van der Waals surface area contributed by atoms with Gasteiger partial charge in [-0.1, -0.05) is 129 Å². The van der Waals surface area contributed by atoms with Crippen molar-refractivity contribution < 1.29 is 33.9 Å². The number of rotatable bonds is 24. The van der Waals surface area contributed by atoms with Gasteiger partial charge in [0.1, 0.15) is 0 Å². The van der Waals surface area contributed by atoms with Crippen molar-refractivity contribution in [2.24, 2.45) is 0 Å². The number of esters is 2. The normalized spacial score (nSPS) is 12.6. The second-order valence-electron chi connectivity index (χ2n) is 11.5. The Morgan fingerprint density at radius 2 is 0.833 bits per heavy atom. The van der Waals surface area contributed by atoms with E-state index in [4.69, 9.17) is 9.47 Å². The summed E-state index contributed by atoms with van der Waals surface area (Å²) in [5.41, 5.74) is -0.546. The standard InChI is InChI=1S/C34H53NO7/c1-3-5-7-9-11-13-15-17-19-21-23-41-33(38)29-25-27-28(32(37)35(40)31(27)36)26-30(29)34(39)42-24-22-20-18-16-14-12-10-8-6-4-2/h25-26,40H,3-24H2,1-2H3. The predicted octanol–water partition coefficient (Wildman–Crippen LogP) is 8.83. The van der Waals surface area contributed by atoms with Crippen molar-refractivity contribution in [1.82, 2.24) is 5.06 Å². The van der Waals surface area contributed by atoms with E-state index >= 15 is 0 Å². The quantitative estimate of drug-likeness (QED) is 0.0557. The van der Waals surface area contributed by atoms with E-state index in [-0.39, 0.29) is 40.5 Å². The zero-order valence-electron chi connectivity index (χ0n) is 26.1. The van der Waals surface area contributed by atoms with Crippen molar-refractivity contribution in [3.63, 3.8) is 0 Å². The lowest BCUT2D eigenvalue weighted by Crippen LogP contribution is -2.25. The summed E-state index contributed by atoms with van der Waals surface area (Å²) in [5.74, 6) is -3.39. The molecule has 1 aromatic carbocycles. The molecule has 1 aliphatic rings. The van der Waals surface area contributed by atoms with Crippen LogP contribution in [-0.4, -0.2) is 47.2 Å². The maximum absolute atomic E-state index is 13.0. The SMILES string of the molecule is CCCCCCCCCCCCOC(=O)c1cc2c(cc1C(=O)OCCCCCCCCCCCC)C(=O)N(O)C2=O. The molecular formula is C34H53NO7. The van der Waals surface area contributed by atoms with Crippen molar-refractivity contribution in [2.75, 3.05) is 13.2 Å². The molecule has 0 spiro atoms. The smallest absolute Gasteiger partial charge is 0.339 e. The molecule has 2 amide bonds. The van der Waals surface area contributed by atoms with Crippen LogP contribution in [-0.2, 0) is 9.47 Å². The lowest BCUT2D eigenvalue weighted by atomic mass is 9.99. The maximum Gasteiger partial charge on any atom is 0.339 e. The van der Waals surface area contributed by atoms with Gasteiger partial charge in [-0.25, -0.2) is 9.59 Å². The van der Waals surface area contributed by atoms with E-state index in [0.29, 0.717) is 12.8 Å². The molecule has 1 aromatic rings. The summed E-state index contributed by atoms with van der Waals surface area (Å²) in [6.45, 7) is 4.82. The third-order valence-electron chi connectivity index (χ3n) is 7.91. The van der Waals surface area contributed by atoms with Gasteiger partial charge >= 0.3 is 11.9 Å². The first kappa shape index (κ1) is 35.5. The number of hydrogen-bond donors (Lipinski definition) is 1. The van der Waals surface area contributed by atoms with E-state index in [1.54, 1.807) is 0 Å². The van der Waals surface area contributed by atoms with Gasteiger partial charge < -0.3 is 9.47 Å². The van der Waals surface area contributed by atoms with Crippen LogP contribution in [0.25, 0.3) is 0 Å². The fourth-order valence-electron chi connectivity index (χ4n) is 5.28.